The molecule has 10 heteroatoms. The molecule has 2 aromatic carbocycles. The van der Waals surface area contributed by atoms with Gasteiger partial charge >= 0.3 is 14.2 Å². The number of hydrogen-bond donors (Lipinski definition) is 2. The average Bonchev–Trinajstić information content (AvgIpc) is 3.36. The van der Waals surface area contributed by atoms with Gasteiger partial charge in [-0.3, -0.25) is 9.59 Å². The van der Waals surface area contributed by atoms with Gasteiger partial charge < -0.3 is 29.2 Å². The van der Waals surface area contributed by atoms with Crippen molar-refractivity contribution in [3.05, 3.63) is 47.5 Å². The van der Waals surface area contributed by atoms with Gasteiger partial charge in [-0.2, -0.15) is 0 Å². The highest BCUT2D eigenvalue weighted by Crippen LogP contribution is 2.42. The predicted molar refractivity (Wildman–Crippen MR) is 161 cm³/mol. The summed E-state index contributed by atoms with van der Waals surface area (Å²) in [4.78, 5) is 27.1. The molecule has 0 spiro atoms. The number of amides is 2. The first kappa shape index (κ1) is 30.3. The van der Waals surface area contributed by atoms with Crippen LogP contribution < -0.4 is 20.7 Å². The Morgan fingerprint density at radius 2 is 1.18 bits per heavy atom. The lowest BCUT2D eigenvalue weighted by Crippen LogP contribution is -2.41. The summed E-state index contributed by atoms with van der Waals surface area (Å²) in [6.07, 6.45) is 0. The third-order valence-electron chi connectivity index (χ3n) is 8.77. The number of carbonyl (C=O) groups excluding carboxylic acids is 2. The Kier molecular flexibility index (Phi) is 7.59. The van der Waals surface area contributed by atoms with Gasteiger partial charge in [-0.1, -0.05) is 52.0 Å². The maximum Gasteiger partial charge on any atom is 0.494 e. The molecule has 0 bridgehead atoms. The molecule has 0 unspecified atom stereocenters. The van der Waals surface area contributed by atoms with Crippen LogP contribution in [-0.4, -0.2) is 60.4 Å². The molecule has 1 fully saturated rings. The maximum absolute atomic E-state index is 12.0. The molecule has 3 aliphatic heterocycles. The molecule has 5 rings (SSSR count). The minimum Gasteiger partial charge on any atom is -0.423 e. The first-order chi connectivity index (χ1) is 18.3. The van der Waals surface area contributed by atoms with E-state index in [-0.39, 0.29) is 33.8 Å². The summed E-state index contributed by atoms with van der Waals surface area (Å²) < 4.78 is 12.3. The van der Waals surface area contributed by atoms with Crippen LogP contribution in [0.5, 0.6) is 0 Å². The fourth-order valence-corrected chi connectivity index (χ4v) is 5.67. The number of rotatable bonds is 2. The molecule has 1 saturated heterocycles. The second-order valence-electron chi connectivity index (χ2n) is 13.5. The fraction of sp³-hybridized carbons (Fsp3) is 0.533. The largest absolute Gasteiger partial charge is 0.494 e. The van der Waals surface area contributed by atoms with Gasteiger partial charge in [0.05, 0.1) is 11.2 Å². The SMILES string of the molecule is CC(=O)N1CC(C)(C)c2ccc(B(O)O)cc21.CC(=O)N1CC(C)(C)c2ccc(B3OC(C)(C)C(C)(C)O3)cc21. The number of fused-ring (bicyclic) bond motifs is 2. The zero-order valence-electron chi connectivity index (χ0n) is 25.5. The van der Waals surface area contributed by atoms with Gasteiger partial charge in [0.2, 0.25) is 11.8 Å². The van der Waals surface area contributed by atoms with Crippen molar-refractivity contribution < 1.29 is 28.9 Å². The van der Waals surface area contributed by atoms with Crippen LogP contribution in [0, 0.1) is 0 Å². The predicted octanol–water partition coefficient (Wildman–Crippen LogP) is 2.64. The summed E-state index contributed by atoms with van der Waals surface area (Å²) in [5, 5.41) is 18.3. The lowest BCUT2D eigenvalue weighted by Gasteiger charge is -2.32. The minimum absolute atomic E-state index is 0.0265. The van der Waals surface area contributed by atoms with E-state index < -0.39 is 14.2 Å². The molecule has 214 valence electrons. The van der Waals surface area contributed by atoms with E-state index in [1.54, 1.807) is 24.0 Å². The molecular formula is C30H42B2N2O6. The van der Waals surface area contributed by atoms with Crippen molar-refractivity contribution in [1.82, 2.24) is 0 Å². The normalized spacial score (nSPS) is 20.9. The van der Waals surface area contributed by atoms with E-state index in [4.69, 9.17) is 19.4 Å². The lowest BCUT2D eigenvalue weighted by molar-refractivity contribution is -0.117. The molecule has 0 atom stereocenters. The van der Waals surface area contributed by atoms with Crippen LogP contribution >= 0.6 is 0 Å². The molecule has 3 aliphatic rings. The fourth-order valence-electron chi connectivity index (χ4n) is 5.67. The Bertz CT molecular complexity index is 1320. The third-order valence-corrected chi connectivity index (χ3v) is 8.77. The molecule has 2 aromatic rings. The van der Waals surface area contributed by atoms with E-state index in [1.165, 1.54) is 12.5 Å². The minimum atomic E-state index is -1.50. The Morgan fingerprint density at radius 1 is 0.750 bits per heavy atom. The number of benzene rings is 2. The van der Waals surface area contributed by atoms with Gasteiger partial charge in [0.25, 0.3) is 0 Å². The van der Waals surface area contributed by atoms with E-state index in [0.29, 0.717) is 18.6 Å². The molecular weight excluding hydrogens is 506 g/mol. The van der Waals surface area contributed by atoms with Crippen molar-refractivity contribution in [2.75, 3.05) is 22.9 Å². The second kappa shape index (κ2) is 10.0. The van der Waals surface area contributed by atoms with Crippen LogP contribution in [0.15, 0.2) is 36.4 Å². The van der Waals surface area contributed by atoms with Crippen molar-refractivity contribution >= 4 is 48.4 Å². The molecule has 0 saturated carbocycles. The van der Waals surface area contributed by atoms with Gasteiger partial charge in [0.1, 0.15) is 0 Å². The van der Waals surface area contributed by atoms with Crippen LogP contribution in [-0.2, 0) is 29.7 Å². The quantitative estimate of drug-likeness (QED) is 0.561. The number of nitrogens with zero attached hydrogens (tertiary/aromatic N) is 2. The van der Waals surface area contributed by atoms with E-state index in [0.717, 1.165) is 22.4 Å². The summed E-state index contributed by atoms with van der Waals surface area (Å²) in [5.41, 5.74) is 4.55. The topological polar surface area (TPSA) is 99.5 Å². The standard InChI is InChI=1S/C18H26BNO3.C12H16BNO3/c1-12(21)20-11-16(2,3)14-9-8-13(10-15(14)20)19-22-17(4,5)18(6,7)23-19;1-8(15)14-7-12(2,3)10-5-4-9(13(16)17)6-11(10)14/h8-10H,11H2,1-7H3;4-6,16-17H,7H2,1-3H3. The van der Waals surface area contributed by atoms with Crippen molar-refractivity contribution in [1.29, 1.82) is 0 Å². The van der Waals surface area contributed by atoms with Gasteiger partial charge in [-0.05, 0) is 61.9 Å². The first-order valence-corrected chi connectivity index (χ1v) is 13.8. The average molecular weight is 548 g/mol. The van der Waals surface area contributed by atoms with Gasteiger partial charge in [-0.25, -0.2) is 0 Å². The monoisotopic (exact) mass is 548 g/mol. The summed E-state index contributed by atoms with van der Waals surface area (Å²) >= 11 is 0. The number of hydrogen-bond acceptors (Lipinski definition) is 6. The Morgan fingerprint density at radius 3 is 1.60 bits per heavy atom. The first-order valence-electron chi connectivity index (χ1n) is 13.8. The molecule has 40 heavy (non-hydrogen) atoms. The summed E-state index contributed by atoms with van der Waals surface area (Å²) in [6.45, 7) is 21.2. The lowest BCUT2D eigenvalue weighted by atomic mass is 9.77. The van der Waals surface area contributed by atoms with Crippen molar-refractivity contribution in [3.8, 4) is 0 Å². The Balaban J connectivity index is 0.000000194. The van der Waals surface area contributed by atoms with Crippen molar-refractivity contribution in [3.63, 3.8) is 0 Å². The van der Waals surface area contributed by atoms with E-state index in [9.17, 15) is 9.59 Å². The Hall–Kier alpha value is -2.65. The molecule has 0 radical (unpaired) electrons. The highest BCUT2D eigenvalue weighted by molar-refractivity contribution is 6.62. The molecule has 0 aromatic heterocycles. The molecule has 0 aliphatic carbocycles. The van der Waals surface area contributed by atoms with Gasteiger partial charge in [0, 0.05) is 49.1 Å². The van der Waals surface area contributed by atoms with Crippen LogP contribution in [0.25, 0.3) is 0 Å². The summed E-state index contributed by atoms with van der Waals surface area (Å²) in [6, 6.07) is 11.5. The summed E-state index contributed by atoms with van der Waals surface area (Å²) in [7, 11) is -1.90. The van der Waals surface area contributed by atoms with Crippen molar-refractivity contribution in [2.24, 2.45) is 0 Å². The van der Waals surface area contributed by atoms with Crippen LogP contribution in [0.1, 0.15) is 80.4 Å². The van der Waals surface area contributed by atoms with E-state index >= 15 is 0 Å². The van der Waals surface area contributed by atoms with E-state index in [1.807, 2.05) is 44.7 Å². The molecule has 2 N–H and O–H groups in total. The smallest absolute Gasteiger partial charge is 0.423 e. The van der Waals surface area contributed by atoms with Gasteiger partial charge in [0.15, 0.2) is 0 Å². The molecule has 8 nitrogen and oxygen atoms in total. The van der Waals surface area contributed by atoms with E-state index in [2.05, 4.69) is 39.8 Å². The second-order valence-corrected chi connectivity index (χ2v) is 13.5. The summed E-state index contributed by atoms with van der Waals surface area (Å²) in [5.74, 6) is 0.0456. The number of anilines is 2. The van der Waals surface area contributed by atoms with Crippen LogP contribution in [0.3, 0.4) is 0 Å². The number of carbonyl (C=O) groups is 2. The van der Waals surface area contributed by atoms with Crippen LogP contribution in [0.4, 0.5) is 11.4 Å². The Labute approximate surface area is 238 Å². The van der Waals surface area contributed by atoms with Crippen molar-refractivity contribution in [2.45, 2.75) is 91.3 Å². The zero-order chi connectivity index (χ0) is 30.0. The molecule has 2 amide bonds. The highest BCUT2D eigenvalue weighted by atomic mass is 16.7. The highest BCUT2D eigenvalue weighted by Gasteiger charge is 2.52. The van der Waals surface area contributed by atoms with Crippen LogP contribution in [0.2, 0.25) is 0 Å². The zero-order valence-corrected chi connectivity index (χ0v) is 25.5. The maximum atomic E-state index is 12.0. The van der Waals surface area contributed by atoms with Gasteiger partial charge in [-0.15, -0.1) is 0 Å². The third kappa shape index (κ3) is 5.34. The molecule has 3 heterocycles.